The number of aliphatic hydroxyl groups is 1. The summed E-state index contributed by atoms with van der Waals surface area (Å²) in [5.41, 5.74) is 7.72. The number of anilines is 1. The zero-order chi connectivity index (χ0) is 82.2. The number of sulfone groups is 1. The third-order valence-electron chi connectivity index (χ3n) is 12.0. The average Bonchev–Trinajstić information content (AvgIpc) is 1.11. The number of hydrogen-bond acceptors (Lipinski definition) is 10. The number of nitrogens with zero attached hydrogens (tertiary/aromatic N) is 4. The molecule has 4 aromatic rings. The first-order valence-corrected chi connectivity index (χ1v) is 153. The quantitative estimate of drug-likeness (QED) is 0.0365. The van der Waals surface area contributed by atoms with Crippen molar-refractivity contribution in [2.24, 2.45) is 0 Å². The van der Waals surface area contributed by atoms with Crippen LogP contribution in [0.4, 0.5) is 14.6 Å². The van der Waals surface area contributed by atoms with Gasteiger partial charge in [0.15, 0.2) is 21.3 Å². The van der Waals surface area contributed by atoms with Crippen molar-refractivity contribution < 1.29 is 26.7 Å². The molecule has 0 bridgehead atoms. The van der Waals surface area contributed by atoms with Gasteiger partial charge in [0.2, 0.25) is 0 Å². The first-order valence-electron chi connectivity index (χ1n) is 27.6. The van der Waals surface area contributed by atoms with E-state index < -0.39 is 27.1 Å². The van der Waals surface area contributed by atoms with Gasteiger partial charge in [0.25, 0.3) is 11.8 Å². The summed E-state index contributed by atoms with van der Waals surface area (Å²) < 4.78 is 58.7. The highest BCUT2D eigenvalue weighted by Crippen LogP contribution is 3.50. The van der Waals surface area contributed by atoms with Gasteiger partial charge in [-0.05, 0) is 281 Å². The summed E-state index contributed by atoms with van der Waals surface area (Å²) in [6.07, 6.45) is 0.541. The summed E-state index contributed by atoms with van der Waals surface area (Å²) in [6.45, 7) is -6.02. The molecule has 10 nitrogen and oxygen atoms in total. The number of benzene rings is 2. The van der Waals surface area contributed by atoms with E-state index in [1.54, 1.807) is 25.1 Å². The first kappa shape index (κ1) is 127. The summed E-state index contributed by atoms with van der Waals surface area (Å²) in [4.78, 5) is 8.73. The van der Waals surface area contributed by atoms with E-state index in [1.807, 2.05) is 0 Å². The zero-order valence-electron chi connectivity index (χ0n) is 56.3. The Morgan fingerprint density at radius 1 is 0.458 bits per heavy atom. The first-order chi connectivity index (χ1) is 49.5. The highest BCUT2D eigenvalue weighted by molar-refractivity contribution is 9.56. The minimum atomic E-state index is -3.59. The Hall–Kier alpha value is 25.4. The Morgan fingerprint density at radius 3 is 1.08 bits per heavy atom. The van der Waals surface area contributed by atoms with Crippen molar-refractivity contribution in [1.29, 1.82) is 0 Å². The van der Waals surface area contributed by atoms with Crippen LogP contribution in [0.15, 0.2) is 58.0 Å². The molecule has 41 atom stereocenters. The molecule has 4 N–H and O–H groups in total. The SMILES string of the molecule is CC(F)CNCc1ccc(-c2nnc(-c3nc(-c4ccc(S(=O)(=O)C(C)CCO)cc4)cnc3N)o2)c(F)c1.PP(P)P(P)P(P(P(P)P)P(P)P)P(P(P(P)P)P(P)P)P(P(P(P(P)P)P(P)P)P(P(P)P)P(P)P)P(P(P(P(P)P)P(P)P)P(P(P)P)P(P)P)P(P(P(P)P)P(P)P)P(P(P)P)P(P)P. The molecule has 0 radical (unpaired) electrons. The Labute approximate surface area is 757 Å². The standard InChI is InChI=1S/C26H28F2N6O4S.H70P68/c1-15(27)12-30-13-17-3-8-20(21(28)11-17)25-33-34-26(38-25)23-24(29)31-14-22(32-23)18-4-6-19(7-5-18)39(36,37)16(2)9-10-35;1-36(2)53(35)62(54(37(3)4)38(5)6)66(61(51(31)32)52(33)34)68(65(59(47(23)24)48(25)26)60(49(27)28)50(29)30)67(63(55(39(7)8)40(9)10)56(41(11)12)42(13)14)64(57(43(15)16)44(17)18)58(45(19)20)46(21)22/h3-8,11,14-16,30,35H,9-10,12-13H2,1-2H3,(H2,29,31);1-35H2. The Balaban J connectivity index is 0.000000636. The number of alkyl halides is 1. The lowest BCUT2D eigenvalue weighted by Crippen LogP contribution is -2.21. The highest BCUT2D eigenvalue weighted by Gasteiger charge is 2.63. The van der Waals surface area contributed by atoms with E-state index >= 15 is 0 Å². The summed E-state index contributed by atoms with van der Waals surface area (Å²) >= 11 is 0. The molecule has 0 amide bonds. The number of halogens is 2. The molecule has 2 aromatic heterocycles. The zero-order valence-corrected chi connectivity index (χ0v) is 127. The van der Waals surface area contributed by atoms with Crippen LogP contribution in [0.2, 0.25) is 0 Å². The van der Waals surface area contributed by atoms with Crippen LogP contribution in [0.1, 0.15) is 25.8 Å². The molecular formula is C26H98F2N6O4P68S. The topological polar surface area (TPSA) is 157 Å². The van der Waals surface area contributed by atoms with Crippen LogP contribution in [0, 0.1) is 5.82 Å². The Morgan fingerprint density at radius 2 is 0.776 bits per heavy atom. The second kappa shape index (κ2) is 65.7. The normalized spacial score (nSPS) is 15.2. The van der Waals surface area contributed by atoms with Crippen molar-refractivity contribution >= 4 is 559 Å². The number of nitrogens with two attached hydrogens (primary N) is 1. The van der Waals surface area contributed by atoms with Crippen molar-refractivity contribution in [3.05, 3.63) is 60.0 Å². The molecular weight excluding hydrogens is 2640 g/mol. The second-order valence-corrected chi connectivity index (χ2v) is 303. The monoisotopic (exact) mass is 2730 g/mol. The summed E-state index contributed by atoms with van der Waals surface area (Å²) in [5.74, 6) is -0.739. The van der Waals surface area contributed by atoms with Gasteiger partial charge in [0.05, 0.1) is 27.6 Å². The number of aromatic nitrogens is 4. The number of nitrogens with one attached hydrogen (secondary N) is 1. The minimum absolute atomic E-state index is 0.00922. The van der Waals surface area contributed by atoms with Crippen LogP contribution in [-0.4, -0.2) is 58.3 Å². The van der Waals surface area contributed by atoms with Gasteiger partial charge in [-0.1, -0.05) is 18.2 Å². The van der Waals surface area contributed by atoms with Gasteiger partial charge in [-0.3, -0.25) is 0 Å². The van der Waals surface area contributed by atoms with Gasteiger partial charge < -0.3 is 20.6 Å². The summed E-state index contributed by atoms with van der Waals surface area (Å²) in [6, 6.07) is 10.6. The van der Waals surface area contributed by atoms with Gasteiger partial charge >= 0.3 is 0 Å². The lowest BCUT2D eigenvalue weighted by molar-refractivity contribution is 0.287. The molecule has 0 aliphatic carbocycles. The molecule has 616 valence electrons. The maximum atomic E-state index is 14.8. The number of rotatable bonds is 43. The van der Waals surface area contributed by atoms with Crippen molar-refractivity contribution in [2.45, 2.75) is 43.1 Å². The third-order valence-corrected chi connectivity index (χ3v) is 491. The molecule has 0 aliphatic rings. The molecule has 2 aromatic carbocycles. The minimum Gasteiger partial charge on any atom is -0.414 e. The molecule has 4 rings (SSSR count). The lowest BCUT2D eigenvalue weighted by Gasteiger charge is -2.61. The van der Waals surface area contributed by atoms with E-state index in [0.717, 1.165) is 0 Å². The largest absolute Gasteiger partial charge is 0.414 e. The van der Waals surface area contributed by atoms with Crippen molar-refractivity contribution in [1.82, 2.24) is 25.5 Å². The van der Waals surface area contributed by atoms with Crippen molar-refractivity contribution in [3.63, 3.8) is 0 Å². The van der Waals surface area contributed by atoms with E-state index in [-0.39, 0.29) is 284 Å². The van der Waals surface area contributed by atoms with Gasteiger partial charge in [0, 0.05) is 25.3 Å². The molecule has 2 heterocycles. The van der Waals surface area contributed by atoms with E-state index in [0.29, 0.717) is 23.4 Å². The second-order valence-electron chi connectivity index (χ2n) is 19.8. The van der Waals surface area contributed by atoms with Crippen LogP contribution in [0.3, 0.4) is 0 Å². The Kier molecular flexibility index (Phi) is 77.8. The fraction of sp³-hybridized carbons (Fsp3) is 0.308. The van der Waals surface area contributed by atoms with Crippen LogP contribution >= 0.6 is 543 Å². The van der Waals surface area contributed by atoms with Crippen LogP contribution in [0.5, 0.6) is 0 Å². The van der Waals surface area contributed by atoms with E-state index in [2.05, 4.69) is 338 Å². The van der Waals surface area contributed by atoms with Gasteiger partial charge in [0.1, 0.15) is 12.0 Å². The average molecular weight is 2740 g/mol. The van der Waals surface area contributed by atoms with Crippen molar-refractivity contribution in [3.8, 4) is 34.3 Å². The number of hydrogen-bond donors (Lipinski definition) is 3. The summed E-state index contributed by atoms with van der Waals surface area (Å²) in [5, 5.41) is 19.1. The van der Waals surface area contributed by atoms with Gasteiger partial charge in [-0.15, -0.1) is 323 Å². The molecule has 0 fully saturated rings. The number of nitrogen functional groups attached to an aromatic ring is 1. The predicted octanol–water partition coefficient (Wildman–Crippen LogP) is 43.4. The van der Waals surface area contributed by atoms with Crippen LogP contribution in [-0.2, 0) is 16.4 Å². The van der Waals surface area contributed by atoms with Crippen molar-refractivity contribution in [2.75, 3.05) is 18.9 Å². The van der Waals surface area contributed by atoms with E-state index in [1.165, 1.54) is 37.4 Å². The smallest absolute Gasteiger partial charge is 0.270 e. The van der Waals surface area contributed by atoms with E-state index in [4.69, 9.17) is 15.3 Å². The maximum Gasteiger partial charge on any atom is 0.270 e. The molecule has 41 unspecified atom stereocenters. The van der Waals surface area contributed by atoms with Crippen LogP contribution in [0.25, 0.3) is 34.3 Å². The highest BCUT2D eigenvalue weighted by atomic mass is 33.6. The van der Waals surface area contributed by atoms with Gasteiger partial charge in [-0.25, -0.2) is 27.2 Å². The van der Waals surface area contributed by atoms with Gasteiger partial charge in [-0.2, -0.15) is 0 Å². The molecule has 0 saturated heterocycles. The molecule has 0 saturated carbocycles. The third kappa shape index (κ3) is 41.1. The van der Waals surface area contributed by atoms with Crippen LogP contribution < -0.4 is 11.1 Å². The van der Waals surface area contributed by atoms with E-state index in [9.17, 15) is 17.2 Å². The predicted molar refractivity (Wildman–Crippen MR) is 709 cm³/mol. The molecule has 0 aliphatic heterocycles. The fourth-order valence-corrected chi connectivity index (χ4v) is 989. The molecule has 81 heteroatoms. The summed E-state index contributed by atoms with van der Waals surface area (Å²) in [7, 11) is 123. The maximum absolute atomic E-state index is 14.8. The molecule has 107 heavy (non-hydrogen) atoms. The Bertz CT molecular complexity index is 3190. The number of aliphatic hydroxyl groups excluding tert-OH is 1. The fourth-order valence-electron chi connectivity index (χ4n) is 7.81. The molecule has 0 spiro atoms. The lowest BCUT2D eigenvalue weighted by atomic mass is 10.1.